The predicted molar refractivity (Wildman–Crippen MR) is 73.1 cm³/mol. The molecule has 0 fully saturated rings. The molecule has 88 valence electrons. The van der Waals surface area contributed by atoms with Crippen LogP contribution in [0.2, 0.25) is 0 Å². The van der Waals surface area contributed by atoms with Crippen molar-refractivity contribution in [1.82, 2.24) is 4.90 Å². The van der Waals surface area contributed by atoms with E-state index in [9.17, 15) is 0 Å². The Morgan fingerprint density at radius 2 is 2.06 bits per heavy atom. The first-order valence-corrected chi connectivity index (χ1v) is 6.86. The summed E-state index contributed by atoms with van der Waals surface area (Å²) in [6, 6.07) is 8.83. The van der Waals surface area contributed by atoms with Crippen molar-refractivity contribution in [1.29, 1.82) is 0 Å². The van der Waals surface area contributed by atoms with Crippen LogP contribution in [-0.2, 0) is 13.0 Å². The van der Waals surface area contributed by atoms with Gasteiger partial charge in [-0.25, -0.2) is 0 Å². The summed E-state index contributed by atoms with van der Waals surface area (Å²) in [5.74, 6) is 1.75. The summed E-state index contributed by atoms with van der Waals surface area (Å²) in [5, 5.41) is 0. The molecule has 1 nitrogen and oxygen atoms in total. The van der Waals surface area contributed by atoms with Crippen LogP contribution in [0.5, 0.6) is 0 Å². The van der Waals surface area contributed by atoms with Crippen LogP contribution < -0.4 is 0 Å². The van der Waals surface area contributed by atoms with Crippen molar-refractivity contribution in [2.45, 2.75) is 26.3 Å². The van der Waals surface area contributed by atoms with Gasteiger partial charge in [0.1, 0.15) is 0 Å². The van der Waals surface area contributed by atoms with Gasteiger partial charge >= 0.3 is 0 Å². The van der Waals surface area contributed by atoms with Gasteiger partial charge in [0.05, 0.1) is 0 Å². The highest BCUT2D eigenvalue weighted by atomic mass is 32.1. The summed E-state index contributed by atoms with van der Waals surface area (Å²) in [4.78, 5) is 2.58. The number of benzene rings is 1. The average molecular weight is 235 g/mol. The van der Waals surface area contributed by atoms with Gasteiger partial charge in [-0.2, -0.15) is 12.6 Å². The number of thiol groups is 1. The molecule has 0 amide bonds. The van der Waals surface area contributed by atoms with Crippen LogP contribution in [0.4, 0.5) is 0 Å². The van der Waals surface area contributed by atoms with E-state index in [4.69, 9.17) is 0 Å². The zero-order chi connectivity index (χ0) is 11.4. The molecule has 1 aliphatic heterocycles. The highest BCUT2D eigenvalue weighted by Crippen LogP contribution is 2.20. The Morgan fingerprint density at radius 3 is 2.75 bits per heavy atom. The van der Waals surface area contributed by atoms with E-state index in [0.717, 1.165) is 18.2 Å². The molecule has 1 unspecified atom stereocenters. The lowest BCUT2D eigenvalue weighted by Crippen LogP contribution is -2.34. The molecule has 1 heterocycles. The van der Waals surface area contributed by atoms with Gasteiger partial charge < -0.3 is 0 Å². The molecule has 1 atom stereocenters. The van der Waals surface area contributed by atoms with Gasteiger partial charge in [0, 0.05) is 19.6 Å². The summed E-state index contributed by atoms with van der Waals surface area (Å²) in [6.07, 6.45) is 2.45. The highest BCUT2D eigenvalue weighted by Gasteiger charge is 2.17. The van der Waals surface area contributed by atoms with E-state index in [2.05, 4.69) is 48.7 Å². The third-order valence-corrected chi connectivity index (χ3v) is 4.08. The molecule has 0 radical (unpaired) electrons. The van der Waals surface area contributed by atoms with E-state index < -0.39 is 0 Å². The lowest BCUT2D eigenvalue weighted by molar-refractivity contribution is 0.219. The van der Waals surface area contributed by atoms with Crippen molar-refractivity contribution in [3.63, 3.8) is 0 Å². The number of hydrogen-bond acceptors (Lipinski definition) is 2. The molecule has 1 aromatic rings. The number of nitrogens with zero attached hydrogens (tertiary/aromatic N) is 1. The molecular formula is C14H21NS. The topological polar surface area (TPSA) is 3.24 Å². The zero-order valence-electron chi connectivity index (χ0n) is 10.0. The summed E-state index contributed by atoms with van der Waals surface area (Å²) in [7, 11) is 0. The van der Waals surface area contributed by atoms with Crippen molar-refractivity contribution in [3.8, 4) is 0 Å². The maximum Gasteiger partial charge on any atom is 0.0236 e. The third kappa shape index (κ3) is 2.80. The molecular weight excluding hydrogens is 214 g/mol. The molecule has 0 saturated carbocycles. The van der Waals surface area contributed by atoms with Gasteiger partial charge in [-0.1, -0.05) is 37.6 Å². The quantitative estimate of drug-likeness (QED) is 0.785. The first kappa shape index (κ1) is 12.0. The first-order valence-electron chi connectivity index (χ1n) is 6.23. The fraction of sp³-hybridized carbons (Fsp3) is 0.571. The summed E-state index contributed by atoms with van der Waals surface area (Å²) < 4.78 is 0. The van der Waals surface area contributed by atoms with Gasteiger partial charge in [-0.05, 0) is 29.2 Å². The van der Waals surface area contributed by atoms with E-state index in [1.54, 1.807) is 0 Å². The first-order chi connectivity index (χ1) is 7.83. The summed E-state index contributed by atoms with van der Waals surface area (Å²) >= 11 is 4.42. The lowest BCUT2D eigenvalue weighted by atomic mass is 9.98. The standard InChI is InChI=1S/C14H21NS/c1-2-12(11-16)9-15-8-7-13-5-3-4-6-14(13)10-15/h3-6,12,16H,2,7-11H2,1H3. The smallest absolute Gasteiger partial charge is 0.0236 e. The Labute approximate surface area is 104 Å². The molecule has 0 N–H and O–H groups in total. The molecule has 0 aromatic heterocycles. The SMILES string of the molecule is CCC(CS)CN1CCc2ccccc2C1. The average Bonchev–Trinajstić information content (AvgIpc) is 2.35. The van der Waals surface area contributed by atoms with E-state index in [-0.39, 0.29) is 0 Å². The van der Waals surface area contributed by atoms with Crippen LogP contribution in [-0.4, -0.2) is 23.7 Å². The van der Waals surface area contributed by atoms with Crippen molar-refractivity contribution in [2.75, 3.05) is 18.8 Å². The van der Waals surface area contributed by atoms with Crippen LogP contribution >= 0.6 is 12.6 Å². The van der Waals surface area contributed by atoms with Crippen LogP contribution in [0.15, 0.2) is 24.3 Å². The Balaban J connectivity index is 1.97. The minimum Gasteiger partial charge on any atom is -0.298 e. The summed E-state index contributed by atoms with van der Waals surface area (Å²) in [5.41, 5.74) is 3.06. The molecule has 1 aliphatic rings. The molecule has 0 saturated heterocycles. The molecule has 16 heavy (non-hydrogen) atoms. The lowest BCUT2D eigenvalue weighted by Gasteiger charge is -2.31. The normalized spacial score (nSPS) is 18.1. The van der Waals surface area contributed by atoms with Gasteiger partial charge in [-0.15, -0.1) is 0 Å². The highest BCUT2D eigenvalue weighted by molar-refractivity contribution is 7.80. The van der Waals surface area contributed by atoms with E-state index in [1.807, 2.05) is 0 Å². The van der Waals surface area contributed by atoms with Crippen LogP contribution in [0, 0.1) is 5.92 Å². The number of hydrogen-bond donors (Lipinski definition) is 1. The Kier molecular flexibility index (Phi) is 4.30. The fourth-order valence-corrected chi connectivity index (χ4v) is 2.76. The van der Waals surface area contributed by atoms with E-state index >= 15 is 0 Å². The van der Waals surface area contributed by atoms with Gasteiger partial charge in [0.15, 0.2) is 0 Å². The largest absolute Gasteiger partial charge is 0.298 e. The monoisotopic (exact) mass is 235 g/mol. The van der Waals surface area contributed by atoms with Crippen LogP contribution in [0.25, 0.3) is 0 Å². The summed E-state index contributed by atoms with van der Waals surface area (Å²) in [6.45, 7) is 5.80. The Hall–Kier alpha value is -0.470. The molecule has 2 heteroatoms. The van der Waals surface area contributed by atoms with Crippen molar-refractivity contribution in [3.05, 3.63) is 35.4 Å². The Morgan fingerprint density at radius 1 is 1.31 bits per heavy atom. The second-order valence-electron chi connectivity index (χ2n) is 4.71. The minimum atomic E-state index is 0.744. The van der Waals surface area contributed by atoms with Gasteiger partial charge in [0.25, 0.3) is 0 Å². The molecule has 0 bridgehead atoms. The maximum absolute atomic E-state index is 4.42. The number of rotatable bonds is 4. The van der Waals surface area contributed by atoms with Crippen LogP contribution in [0.3, 0.4) is 0 Å². The Bertz CT molecular complexity index is 333. The van der Waals surface area contributed by atoms with Gasteiger partial charge in [0.2, 0.25) is 0 Å². The van der Waals surface area contributed by atoms with Gasteiger partial charge in [-0.3, -0.25) is 4.90 Å². The second-order valence-corrected chi connectivity index (χ2v) is 5.08. The van der Waals surface area contributed by atoms with Crippen molar-refractivity contribution in [2.24, 2.45) is 5.92 Å². The van der Waals surface area contributed by atoms with Crippen LogP contribution in [0.1, 0.15) is 24.5 Å². The minimum absolute atomic E-state index is 0.744. The molecule has 2 rings (SSSR count). The molecule has 1 aromatic carbocycles. The zero-order valence-corrected chi connectivity index (χ0v) is 10.9. The van der Waals surface area contributed by atoms with E-state index in [1.165, 1.54) is 37.1 Å². The van der Waals surface area contributed by atoms with Crippen molar-refractivity contribution >= 4 is 12.6 Å². The number of fused-ring (bicyclic) bond motifs is 1. The predicted octanol–water partition coefficient (Wildman–Crippen LogP) is 3.00. The molecule has 0 aliphatic carbocycles. The molecule has 0 spiro atoms. The second kappa shape index (κ2) is 5.74. The van der Waals surface area contributed by atoms with E-state index in [0.29, 0.717) is 0 Å². The van der Waals surface area contributed by atoms with Crippen molar-refractivity contribution < 1.29 is 0 Å². The third-order valence-electron chi connectivity index (χ3n) is 3.56. The fourth-order valence-electron chi connectivity index (χ4n) is 2.39. The maximum atomic E-state index is 4.42.